The van der Waals surface area contributed by atoms with Crippen molar-refractivity contribution in [1.29, 1.82) is 0 Å². The molecule has 6 heteroatoms. The number of hydrogen-bond donors (Lipinski definition) is 2. The second-order valence-electron chi connectivity index (χ2n) is 4.85. The van der Waals surface area contributed by atoms with Gasteiger partial charge in [0, 0.05) is 11.8 Å². The van der Waals surface area contributed by atoms with Gasteiger partial charge in [-0.15, -0.1) is 0 Å². The lowest BCUT2D eigenvalue weighted by Gasteiger charge is -2.10. The predicted octanol–water partition coefficient (Wildman–Crippen LogP) is 3.16. The van der Waals surface area contributed by atoms with Gasteiger partial charge in [-0.2, -0.15) is 0 Å². The van der Waals surface area contributed by atoms with E-state index >= 15 is 0 Å². The summed E-state index contributed by atoms with van der Waals surface area (Å²) in [5.41, 5.74) is 1.79. The molecule has 0 spiro atoms. The summed E-state index contributed by atoms with van der Waals surface area (Å²) in [5, 5.41) is 4.48. The van der Waals surface area contributed by atoms with E-state index in [1.54, 1.807) is 19.1 Å². The van der Waals surface area contributed by atoms with Crippen LogP contribution in [0.2, 0.25) is 0 Å². The fraction of sp³-hybridized carbons (Fsp3) is 0.125. The molecule has 2 rings (SSSR count). The van der Waals surface area contributed by atoms with E-state index in [0.29, 0.717) is 5.69 Å². The van der Waals surface area contributed by atoms with Crippen molar-refractivity contribution in [3.63, 3.8) is 0 Å². The summed E-state index contributed by atoms with van der Waals surface area (Å²) < 4.78 is 26.4. The lowest BCUT2D eigenvalue weighted by atomic mass is 10.1. The van der Waals surface area contributed by atoms with Gasteiger partial charge in [0.1, 0.15) is 11.6 Å². The fourth-order valence-corrected chi connectivity index (χ4v) is 1.82. The van der Waals surface area contributed by atoms with Crippen LogP contribution in [0.15, 0.2) is 36.4 Å². The van der Waals surface area contributed by atoms with Crippen molar-refractivity contribution in [2.24, 2.45) is 0 Å². The van der Waals surface area contributed by atoms with E-state index < -0.39 is 23.4 Å². The molecule has 0 aliphatic carbocycles. The second-order valence-corrected chi connectivity index (χ2v) is 4.85. The zero-order valence-electron chi connectivity index (χ0n) is 12.0. The van der Waals surface area contributed by atoms with E-state index in [2.05, 4.69) is 5.32 Å². The Kier molecular flexibility index (Phi) is 4.50. The quantitative estimate of drug-likeness (QED) is 0.837. The van der Waals surface area contributed by atoms with Crippen molar-refractivity contribution >= 4 is 23.2 Å². The van der Waals surface area contributed by atoms with Crippen LogP contribution in [0.3, 0.4) is 0 Å². The first-order chi connectivity index (χ1) is 10.4. The second kappa shape index (κ2) is 6.34. The minimum Gasteiger partial charge on any atom is -0.318 e. The van der Waals surface area contributed by atoms with Crippen molar-refractivity contribution in [2.75, 3.05) is 10.6 Å². The molecule has 0 radical (unpaired) electrons. The van der Waals surface area contributed by atoms with Crippen molar-refractivity contribution in [1.82, 2.24) is 0 Å². The summed E-state index contributed by atoms with van der Waals surface area (Å²) in [6.07, 6.45) is 0. The van der Waals surface area contributed by atoms with E-state index in [1.807, 2.05) is 18.3 Å². The number of halogens is 2. The van der Waals surface area contributed by atoms with Gasteiger partial charge in [0.15, 0.2) is 0 Å². The molecule has 22 heavy (non-hydrogen) atoms. The van der Waals surface area contributed by atoms with Gasteiger partial charge in [0.05, 0.1) is 5.69 Å². The third-order valence-electron chi connectivity index (χ3n) is 3.02. The molecule has 2 amide bonds. The summed E-state index contributed by atoms with van der Waals surface area (Å²) >= 11 is 0. The molecule has 0 aliphatic rings. The number of rotatable bonds is 2. The van der Waals surface area contributed by atoms with Crippen LogP contribution in [0.5, 0.6) is 0 Å². The Morgan fingerprint density at radius 3 is 2.18 bits per heavy atom. The minimum atomic E-state index is -1.08. The Morgan fingerprint density at radius 1 is 0.864 bits per heavy atom. The van der Waals surface area contributed by atoms with Crippen molar-refractivity contribution in [3.05, 3.63) is 59.2 Å². The molecule has 0 aliphatic heterocycles. The number of nitrogens with one attached hydrogen (secondary N) is 2. The number of anilines is 2. The average molecular weight is 304 g/mol. The van der Waals surface area contributed by atoms with E-state index in [-0.39, 0.29) is 5.69 Å². The zero-order chi connectivity index (χ0) is 16.3. The first kappa shape index (κ1) is 15.6. The predicted molar refractivity (Wildman–Crippen MR) is 79.5 cm³/mol. The zero-order valence-corrected chi connectivity index (χ0v) is 12.0. The Hall–Kier alpha value is -2.76. The Labute approximate surface area is 126 Å². The SMILES string of the molecule is Cc1ccc(C)c(NC(=O)C(=O)Nc2cc(F)ccc2F)c1. The molecule has 114 valence electrons. The van der Waals surface area contributed by atoms with Crippen LogP contribution in [0.25, 0.3) is 0 Å². The summed E-state index contributed by atoms with van der Waals surface area (Å²) in [7, 11) is 0. The molecule has 2 N–H and O–H groups in total. The van der Waals surface area contributed by atoms with Gasteiger partial charge in [-0.25, -0.2) is 8.78 Å². The van der Waals surface area contributed by atoms with Crippen molar-refractivity contribution in [3.8, 4) is 0 Å². The van der Waals surface area contributed by atoms with Gasteiger partial charge in [-0.05, 0) is 43.2 Å². The topological polar surface area (TPSA) is 58.2 Å². The van der Waals surface area contributed by atoms with Crippen LogP contribution < -0.4 is 10.6 Å². The smallest absolute Gasteiger partial charge is 0.314 e. The number of benzene rings is 2. The Balaban J connectivity index is 2.11. The molecule has 0 heterocycles. The maximum atomic E-state index is 13.4. The van der Waals surface area contributed by atoms with E-state index in [1.165, 1.54) is 0 Å². The summed E-state index contributed by atoms with van der Waals surface area (Å²) in [5.74, 6) is -3.58. The molecular formula is C16H14F2N2O2. The van der Waals surface area contributed by atoms with Crippen molar-refractivity contribution in [2.45, 2.75) is 13.8 Å². The number of hydrogen-bond acceptors (Lipinski definition) is 2. The average Bonchev–Trinajstić information content (AvgIpc) is 2.46. The lowest BCUT2D eigenvalue weighted by molar-refractivity contribution is -0.133. The van der Waals surface area contributed by atoms with E-state index in [0.717, 1.165) is 29.3 Å². The first-order valence-electron chi connectivity index (χ1n) is 6.51. The summed E-state index contributed by atoms with van der Waals surface area (Å²) in [4.78, 5) is 23.6. The molecule has 0 fully saturated rings. The van der Waals surface area contributed by atoms with Gasteiger partial charge >= 0.3 is 11.8 Å². The van der Waals surface area contributed by atoms with E-state index in [9.17, 15) is 18.4 Å². The largest absolute Gasteiger partial charge is 0.318 e. The third-order valence-corrected chi connectivity index (χ3v) is 3.02. The van der Waals surface area contributed by atoms with Gasteiger partial charge in [0.2, 0.25) is 0 Å². The first-order valence-corrected chi connectivity index (χ1v) is 6.51. The van der Waals surface area contributed by atoms with Gasteiger partial charge in [0.25, 0.3) is 0 Å². The highest BCUT2D eigenvalue weighted by Gasteiger charge is 2.17. The molecule has 0 atom stereocenters. The monoisotopic (exact) mass is 304 g/mol. The standard InChI is InChI=1S/C16H14F2N2O2/c1-9-3-4-10(2)13(7-9)19-15(21)16(22)20-14-8-11(17)5-6-12(14)18/h3-8H,1-2H3,(H,19,21)(H,20,22). The summed E-state index contributed by atoms with van der Waals surface area (Å²) in [6.45, 7) is 3.62. The highest BCUT2D eigenvalue weighted by Crippen LogP contribution is 2.17. The summed E-state index contributed by atoms with van der Waals surface area (Å²) in [6, 6.07) is 7.97. The third kappa shape index (κ3) is 3.66. The highest BCUT2D eigenvalue weighted by atomic mass is 19.1. The maximum Gasteiger partial charge on any atom is 0.314 e. The van der Waals surface area contributed by atoms with Crippen LogP contribution in [-0.2, 0) is 9.59 Å². The van der Waals surface area contributed by atoms with Crippen LogP contribution in [0, 0.1) is 25.5 Å². The lowest BCUT2D eigenvalue weighted by Crippen LogP contribution is -2.29. The molecule has 2 aromatic rings. The Morgan fingerprint density at radius 2 is 1.50 bits per heavy atom. The molecule has 0 saturated heterocycles. The van der Waals surface area contributed by atoms with E-state index in [4.69, 9.17) is 0 Å². The normalized spacial score (nSPS) is 10.2. The molecule has 0 aromatic heterocycles. The van der Waals surface area contributed by atoms with Crippen molar-refractivity contribution < 1.29 is 18.4 Å². The van der Waals surface area contributed by atoms with Crippen LogP contribution in [-0.4, -0.2) is 11.8 Å². The highest BCUT2D eigenvalue weighted by molar-refractivity contribution is 6.43. The number of carbonyl (C=O) groups excluding carboxylic acids is 2. The van der Waals surface area contributed by atoms with Gasteiger partial charge in [-0.3, -0.25) is 9.59 Å². The van der Waals surface area contributed by atoms with Gasteiger partial charge in [-0.1, -0.05) is 12.1 Å². The number of amides is 2. The Bertz CT molecular complexity index is 681. The molecular weight excluding hydrogens is 290 g/mol. The molecule has 0 saturated carbocycles. The number of aryl methyl sites for hydroxylation is 2. The maximum absolute atomic E-state index is 13.4. The van der Waals surface area contributed by atoms with Crippen LogP contribution in [0.1, 0.15) is 11.1 Å². The molecule has 0 bridgehead atoms. The van der Waals surface area contributed by atoms with Gasteiger partial charge < -0.3 is 10.6 Å². The molecule has 4 nitrogen and oxygen atoms in total. The molecule has 2 aromatic carbocycles. The fourth-order valence-electron chi connectivity index (χ4n) is 1.82. The van der Waals surface area contributed by atoms with Crippen LogP contribution in [0.4, 0.5) is 20.2 Å². The molecule has 0 unspecified atom stereocenters. The number of carbonyl (C=O) groups is 2. The minimum absolute atomic E-state index is 0.388. The van der Waals surface area contributed by atoms with Crippen LogP contribution >= 0.6 is 0 Å².